The molecule has 0 radical (unpaired) electrons. The molecule has 1 amide bonds. The number of carbonyl (C=O) groups is 1. The fraction of sp³-hybridized carbons (Fsp3) is 0.476. The predicted octanol–water partition coefficient (Wildman–Crippen LogP) is 4.16. The molecule has 7 nitrogen and oxygen atoms in total. The highest BCUT2D eigenvalue weighted by Gasteiger charge is 2.25. The van der Waals surface area contributed by atoms with Crippen molar-refractivity contribution in [3.8, 4) is 5.88 Å². The molecule has 0 N–H and O–H groups in total. The van der Waals surface area contributed by atoms with E-state index in [2.05, 4.69) is 14.9 Å². The van der Waals surface area contributed by atoms with Crippen molar-refractivity contribution in [1.29, 1.82) is 0 Å². The molecule has 0 bridgehead atoms. The predicted molar refractivity (Wildman–Crippen MR) is 112 cm³/mol. The van der Waals surface area contributed by atoms with Gasteiger partial charge in [0.2, 0.25) is 5.88 Å². The zero-order valence-corrected chi connectivity index (χ0v) is 17.9. The first-order valence-electron chi connectivity index (χ1n) is 9.72. The summed E-state index contributed by atoms with van der Waals surface area (Å²) in [6, 6.07) is 7.52. The van der Waals surface area contributed by atoms with Crippen molar-refractivity contribution < 1.29 is 14.3 Å². The monoisotopic (exact) mass is 418 g/mol. The van der Waals surface area contributed by atoms with Crippen LogP contribution in [-0.2, 0) is 11.3 Å². The van der Waals surface area contributed by atoms with Crippen LogP contribution in [0.3, 0.4) is 0 Å². The lowest BCUT2D eigenvalue weighted by Crippen LogP contribution is -2.39. The normalized spacial score (nSPS) is 15.0. The summed E-state index contributed by atoms with van der Waals surface area (Å²) in [6.45, 7) is 8.66. The lowest BCUT2D eigenvalue weighted by atomic mass is 10.2. The highest BCUT2D eigenvalue weighted by Crippen LogP contribution is 2.19. The first kappa shape index (κ1) is 21.2. The largest absolute Gasteiger partial charge is 0.472 e. The van der Waals surface area contributed by atoms with Gasteiger partial charge in [0, 0.05) is 31.2 Å². The van der Waals surface area contributed by atoms with Crippen LogP contribution in [0.5, 0.6) is 5.88 Å². The van der Waals surface area contributed by atoms with Gasteiger partial charge in [-0.15, -0.1) is 0 Å². The summed E-state index contributed by atoms with van der Waals surface area (Å²) in [5.74, 6) is 1.19. The molecule has 1 aliphatic heterocycles. The molecule has 156 valence electrons. The molecule has 1 aromatic heterocycles. The Kier molecular flexibility index (Phi) is 6.79. The second-order valence-corrected chi connectivity index (χ2v) is 8.38. The SMILES string of the molecule is CC(C)(C)OC(=O)N1CCCN(c2cncc(OCc3cccc(Cl)c3)n2)CC1. The topological polar surface area (TPSA) is 67.8 Å². The quantitative estimate of drug-likeness (QED) is 0.742. The van der Waals surface area contributed by atoms with Gasteiger partial charge < -0.3 is 19.3 Å². The number of aromatic nitrogens is 2. The molecule has 0 spiro atoms. The van der Waals surface area contributed by atoms with Gasteiger partial charge in [-0.25, -0.2) is 4.79 Å². The van der Waals surface area contributed by atoms with Crippen molar-refractivity contribution in [1.82, 2.24) is 14.9 Å². The van der Waals surface area contributed by atoms with Crippen LogP contribution in [0.15, 0.2) is 36.7 Å². The van der Waals surface area contributed by atoms with Gasteiger partial charge in [-0.3, -0.25) is 4.98 Å². The molecule has 1 aromatic carbocycles. The van der Waals surface area contributed by atoms with Crippen LogP contribution < -0.4 is 9.64 Å². The van der Waals surface area contributed by atoms with Gasteiger partial charge in [0.1, 0.15) is 12.2 Å². The first-order chi connectivity index (χ1) is 13.8. The number of anilines is 1. The van der Waals surface area contributed by atoms with Gasteiger partial charge >= 0.3 is 6.09 Å². The lowest BCUT2D eigenvalue weighted by molar-refractivity contribution is 0.0263. The summed E-state index contributed by atoms with van der Waals surface area (Å²) in [5.41, 5.74) is 0.468. The van der Waals surface area contributed by atoms with Crippen molar-refractivity contribution in [2.24, 2.45) is 0 Å². The van der Waals surface area contributed by atoms with E-state index < -0.39 is 5.60 Å². The molecule has 0 atom stereocenters. The molecule has 0 aliphatic carbocycles. The molecule has 8 heteroatoms. The van der Waals surface area contributed by atoms with Gasteiger partial charge in [0.05, 0.1) is 12.4 Å². The third-order valence-electron chi connectivity index (χ3n) is 4.35. The lowest BCUT2D eigenvalue weighted by Gasteiger charge is -2.26. The zero-order valence-electron chi connectivity index (χ0n) is 17.1. The van der Waals surface area contributed by atoms with Gasteiger partial charge in [-0.2, -0.15) is 4.98 Å². The van der Waals surface area contributed by atoms with Gasteiger partial charge in [0.15, 0.2) is 5.82 Å². The third-order valence-corrected chi connectivity index (χ3v) is 4.58. The van der Waals surface area contributed by atoms with E-state index in [1.807, 2.05) is 45.0 Å². The molecule has 0 unspecified atom stereocenters. The van der Waals surface area contributed by atoms with Crippen molar-refractivity contribution in [2.45, 2.75) is 39.4 Å². The maximum atomic E-state index is 12.3. The second kappa shape index (κ2) is 9.31. The van der Waals surface area contributed by atoms with E-state index in [-0.39, 0.29) is 6.09 Å². The van der Waals surface area contributed by atoms with E-state index >= 15 is 0 Å². The van der Waals surface area contributed by atoms with Crippen molar-refractivity contribution in [3.05, 3.63) is 47.2 Å². The van der Waals surface area contributed by atoms with Crippen molar-refractivity contribution in [3.63, 3.8) is 0 Å². The number of nitrogens with zero attached hydrogens (tertiary/aromatic N) is 4. The molecule has 2 heterocycles. The Morgan fingerprint density at radius 3 is 2.76 bits per heavy atom. The van der Waals surface area contributed by atoms with E-state index in [0.29, 0.717) is 37.1 Å². The minimum Gasteiger partial charge on any atom is -0.472 e. The first-order valence-corrected chi connectivity index (χ1v) is 10.1. The molecule has 1 aliphatic rings. The summed E-state index contributed by atoms with van der Waals surface area (Å²) in [7, 11) is 0. The summed E-state index contributed by atoms with van der Waals surface area (Å²) in [4.78, 5) is 25.0. The Labute approximate surface area is 176 Å². The standard InChI is InChI=1S/C21H27ClN4O3/c1-21(2,3)29-20(27)26-9-5-8-25(10-11-26)18-13-23-14-19(24-18)28-15-16-6-4-7-17(22)12-16/h4,6-7,12-14H,5,8-11,15H2,1-3H3. The Morgan fingerprint density at radius 1 is 1.17 bits per heavy atom. The van der Waals surface area contributed by atoms with Crippen molar-refractivity contribution >= 4 is 23.5 Å². The number of rotatable bonds is 4. The maximum Gasteiger partial charge on any atom is 0.410 e. The Hall–Kier alpha value is -2.54. The maximum absolute atomic E-state index is 12.3. The molecule has 29 heavy (non-hydrogen) atoms. The van der Waals surface area contributed by atoms with E-state index in [1.165, 1.54) is 0 Å². The van der Waals surface area contributed by atoms with Crippen LogP contribution in [0.25, 0.3) is 0 Å². The Morgan fingerprint density at radius 2 is 2.00 bits per heavy atom. The van der Waals surface area contributed by atoms with Crippen LogP contribution in [0.4, 0.5) is 10.6 Å². The van der Waals surface area contributed by atoms with E-state index in [4.69, 9.17) is 21.1 Å². The summed E-state index contributed by atoms with van der Waals surface area (Å²) in [6.07, 6.45) is 3.87. The van der Waals surface area contributed by atoms with E-state index in [1.54, 1.807) is 17.3 Å². The average Bonchev–Trinajstić information content (AvgIpc) is 2.92. The molecule has 3 rings (SSSR count). The van der Waals surface area contributed by atoms with Gasteiger partial charge in [-0.05, 0) is 44.9 Å². The number of halogens is 1. The third kappa shape index (κ3) is 6.49. The second-order valence-electron chi connectivity index (χ2n) is 7.94. The van der Waals surface area contributed by atoms with Crippen molar-refractivity contribution in [2.75, 3.05) is 31.1 Å². The molecule has 1 fully saturated rings. The number of hydrogen-bond acceptors (Lipinski definition) is 6. The average molecular weight is 419 g/mol. The number of amides is 1. The fourth-order valence-corrected chi connectivity index (χ4v) is 3.21. The Bertz CT molecular complexity index is 841. The summed E-state index contributed by atoms with van der Waals surface area (Å²) in [5, 5.41) is 0.671. The number of benzene rings is 1. The minimum absolute atomic E-state index is 0.274. The smallest absolute Gasteiger partial charge is 0.410 e. The van der Waals surface area contributed by atoms with E-state index in [9.17, 15) is 4.79 Å². The minimum atomic E-state index is -0.497. The number of ether oxygens (including phenoxy) is 2. The highest BCUT2D eigenvalue weighted by molar-refractivity contribution is 6.30. The zero-order chi connectivity index (χ0) is 20.9. The Balaban J connectivity index is 1.59. The molecule has 2 aromatic rings. The van der Waals surface area contributed by atoms with Gasteiger partial charge in [0.25, 0.3) is 0 Å². The van der Waals surface area contributed by atoms with Crippen LogP contribution in [0.1, 0.15) is 32.8 Å². The van der Waals surface area contributed by atoms with Crippen LogP contribution >= 0.6 is 11.6 Å². The van der Waals surface area contributed by atoms with Crippen LogP contribution in [-0.4, -0.2) is 52.7 Å². The fourth-order valence-electron chi connectivity index (χ4n) is 3.00. The number of carbonyl (C=O) groups excluding carboxylic acids is 1. The molecule has 1 saturated heterocycles. The van der Waals surface area contributed by atoms with Crippen LogP contribution in [0, 0.1) is 0 Å². The molecular formula is C21H27ClN4O3. The molecule has 0 saturated carbocycles. The summed E-state index contributed by atoms with van der Waals surface area (Å²) < 4.78 is 11.3. The number of hydrogen-bond donors (Lipinski definition) is 0. The van der Waals surface area contributed by atoms with Crippen LogP contribution in [0.2, 0.25) is 5.02 Å². The van der Waals surface area contributed by atoms with E-state index in [0.717, 1.165) is 24.3 Å². The summed E-state index contributed by atoms with van der Waals surface area (Å²) >= 11 is 6.01. The van der Waals surface area contributed by atoms with Gasteiger partial charge in [-0.1, -0.05) is 23.7 Å². The highest BCUT2D eigenvalue weighted by atomic mass is 35.5. The molecular weight excluding hydrogens is 392 g/mol.